The lowest BCUT2D eigenvalue weighted by Crippen LogP contribution is -2.70. The van der Waals surface area contributed by atoms with Crippen LogP contribution in [-0.2, 0) is 28.5 Å². The summed E-state index contributed by atoms with van der Waals surface area (Å²) in [4.78, 5) is 28.0. The summed E-state index contributed by atoms with van der Waals surface area (Å²) in [6.07, 6.45) is 9.06. The minimum atomic E-state index is -1.24. The van der Waals surface area contributed by atoms with E-state index in [1.165, 1.54) is 0 Å². The Balaban J connectivity index is 0.000000162. The average molecular weight is 733 g/mol. The molecular weight excluding hydrogens is 664 g/mol. The summed E-state index contributed by atoms with van der Waals surface area (Å²) in [6.45, 7) is 12.9. The SMILES string of the molecule is COC1(OC)C(=O)[C@@]23C[C@@H]1CC[C@@]2(O)CC[C@@H]1C(C)(C)[C@H](O)CC[C@]13C.COC1(OC)C(=O)[C@@]23C[C@@H]1CC[C@@]2(O)CC[C@@H]1C(C)(C)[C@H](O)CC[C@]13C. The number of aliphatic hydroxyl groups is 4. The number of hydrogen-bond donors (Lipinski definition) is 4. The first-order chi connectivity index (χ1) is 24.1. The van der Waals surface area contributed by atoms with Crippen LogP contribution in [0.25, 0.3) is 0 Å². The number of rotatable bonds is 4. The van der Waals surface area contributed by atoms with Crippen LogP contribution in [0.3, 0.4) is 0 Å². The zero-order chi connectivity index (χ0) is 38.3. The summed E-state index contributed by atoms with van der Waals surface area (Å²) in [7, 11) is 6.20. The third-order valence-corrected chi connectivity index (χ3v) is 18.8. The van der Waals surface area contributed by atoms with E-state index in [0.29, 0.717) is 51.4 Å². The van der Waals surface area contributed by atoms with Gasteiger partial charge >= 0.3 is 0 Å². The number of methoxy groups -OCH3 is 4. The van der Waals surface area contributed by atoms with Crippen molar-refractivity contribution in [2.24, 2.45) is 56.2 Å². The van der Waals surface area contributed by atoms with Crippen molar-refractivity contribution < 1.29 is 49.0 Å². The fourth-order valence-corrected chi connectivity index (χ4v) is 16.0. The van der Waals surface area contributed by atoms with E-state index in [4.69, 9.17) is 18.9 Å². The fraction of sp³-hybridized carbons (Fsp3) is 0.952. The van der Waals surface area contributed by atoms with Gasteiger partial charge in [0.2, 0.25) is 23.1 Å². The minimum absolute atomic E-state index is 0.0178. The number of aliphatic hydroxyl groups excluding tert-OH is 2. The molecule has 0 radical (unpaired) electrons. The van der Waals surface area contributed by atoms with Gasteiger partial charge in [0.05, 0.1) is 34.2 Å². The molecule has 12 atom stereocenters. The smallest absolute Gasteiger partial charge is 0.232 e. The van der Waals surface area contributed by atoms with Gasteiger partial charge in [-0.3, -0.25) is 9.59 Å². The molecule has 4 N–H and O–H groups in total. The lowest BCUT2D eigenvalue weighted by molar-refractivity contribution is -0.252. The third-order valence-electron chi connectivity index (χ3n) is 18.8. The molecule has 8 saturated carbocycles. The Morgan fingerprint density at radius 2 is 0.808 bits per heavy atom. The maximum Gasteiger partial charge on any atom is 0.232 e. The highest BCUT2D eigenvalue weighted by atomic mass is 16.7. The quantitative estimate of drug-likeness (QED) is 0.279. The fourth-order valence-electron chi connectivity index (χ4n) is 16.0. The van der Waals surface area contributed by atoms with Gasteiger partial charge in [-0.05, 0) is 123 Å². The second-order valence-electron chi connectivity index (χ2n) is 20.3. The van der Waals surface area contributed by atoms with Crippen molar-refractivity contribution in [3.8, 4) is 0 Å². The van der Waals surface area contributed by atoms with Crippen LogP contribution >= 0.6 is 0 Å². The summed E-state index contributed by atoms with van der Waals surface area (Å²) in [6, 6.07) is 0. The Labute approximate surface area is 311 Å². The van der Waals surface area contributed by atoms with Crippen molar-refractivity contribution in [2.45, 2.75) is 166 Å². The Hall–Kier alpha value is -0.980. The third kappa shape index (κ3) is 4.15. The molecule has 0 aromatic rings. The highest BCUT2D eigenvalue weighted by Crippen LogP contribution is 2.77. The van der Waals surface area contributed by atoms with E-state index in [9.17, 15) is 30.0 Å². The molecule has 8 aliphatic carbocycles. The van der Waals surface area contributed by atoms with Crippen LogP contribution in [0.5, 0.6) is 0 Å². The number of Topliss-reactive ketones (excluding diaryl/α,β-unsaturated/α-hetero) is 2. The molecule has 8 aliphatic rings. The number of carbonyl (C=O) groups is 2. The van der Waals surface area contributed by atoms with Gasteiger partial charge in [-0.2, -0.15) is 0 Å². The molecule has 8 rings (SSSR count). The van der Waals surface area contributed by atoms with Gasteiger partial charge in [-0.15, -0.1) is 0 Å². The van der Waals surface area contributed by atoms with E-state index in [0.717, 1.165) is 38.5 Å². The predicted octanol–water partition coefficient (Wildman–Crippen LogP) is 5.35. The molecule has 2 spiro atoms. The standard InChI is InChI=1S/2C21H34O5/c2*1-17(2)14-7-11-19(24)10-6-13-12-20(19,16(23)21(13,25-4)26-5)18(14,3)9-8-15(17)22/h2*13-15,22,24H,6-12H2,1-5H3/t2*13-,14+,15+,18+,19+,20+/m00/s1. The summed E-state index contributed by atoms with van der Waals surface area (Å²) >= 11 is 0. The number of fused-ring (bicyclic) bond motifs is 4. The molecule has 10 heteroatoms. The van der Waals surface area contributed by atoms with E-state index in [1.807, 2.05) is 0 Å². The van der Waals surface area contributed by atoms with E-state index in [2.05, 4.69) is 41.5 Å². The van der Waals surface area contributed by atoms with Gasteiger partial charge < -0.3 is 39.4 Å². The van der Waals surface area contributed by atoms with Gasteiger partial charge in [0.1, 0.15) is 0 Å². The zero-order valence-corrected chi connectivity index (χ0v) is 33.6. The molecule has 296 valence electrons. The van der Waals surface area contributed by atoms with Crippen molar-refractivity contribution >= 4 is 11.6 Å². The number of ether oxygens (including phenoxy) is 4. The maximum atomic E-state index is 14.0. The molecule has 0 heterocycles. The maximum absolute atomic E-state index is 14.0. The Morgan fingerprint density at radius 3 is 1.12 bits per heavy atom. The van der Waals surface area contributed by atoms with Crippen LogP contribution in [-0.4, -0.2) is 95.4 Å². The highest BCUT2D eigenvalue weighted by molar-refractivity contribution is 5.97. The molecule has 8 fully saturated rings. The average Bonchev–Trinajstić information content (AvgIpc) is 3.46. The van der Waals surface area contributed by atoms with Crippen LogP contribution in [0.2, 0.25) is 0 Å². The summed E-state index contributed by atoms with van der Waals surface area (Å²) < 4.78 is 22.9. The van der Waals surface area contributed by atoms with E-state index in [-0.39, 0.29) is 69.1 Å². The molecule has 0 saturated heterocycles. The van der Waals surface area contributed by atoms with Crippen LogP contribution < -0.4 is 0 Å². The monoisotopic (exact) mass is 732 g/mol. The molecule has 0 unspecified atom stereocenters. The Morgan fingerprint density at radius 1 is 0.500 bits per heavy atom. The van der Waals surface area contributed by atoms with Crippen LogP contribution in [0, 0.1) is 56.2 Å². The summed E-state index contributed by atoms with van der Waals surface area (Å²) in [5.74, 6) is -2.26. The van der Waals surface area contributed by atoms with Gasteiger partial charge in [-0.25, -0.2) is 0 Å². The topological polar surface area (TPSA) is 152 Å². The van der Waals surface area contributed by atoms with Crippen LogP contribution in [0.15, 0.2) is 0 Å². The molecule has 10 nitrogen and oxygen atoms in total. The number of hydrogen-bond acceptors (Lipinski definition) is 10. The summed E-state index contributed by atoms with van der Waals surface area (Å²) in [5.41, 5.74) is -4.98. The van der Waals surface area contributed by atoms with E-state index >= 15 is 0 Å². The Kier molecular flexibility index (Phi) is 8.89. The van der Waals surface area contributed by atoms with E-state index in [1.54, 1.807) is 28.4 Å². The van der Waals surface area contributed by atoms with Crippen molar-refractivity contribution in [3.63, 3.8) is 0 Å². The largest absolute Gasteiger partial charge is 0.393 e. The van der Waals surface area contributed by atoms with Gasteiger partial charge in [0.25, 0.3) is 0 Å². The van der Waals surface area contributed by atoms with Crippen LogP contribution in [0.1, 0.15) is 131 Å². The lowest BCUT2D eigenvalue weighted by Gasteiger charge is -2.67. The molecule has 52 heavy (non-hydrogen) atoms. The zero-order valence-electron chi connectivity index (χ0n) is 33.6. The second-order valence-corrected chi connectivity index (χ2v) is 20.3. The summed E-state index contributed by atoms with van der Waals surface area (Å²) in [5, 5.41) is 45.0. The van der Waals surface area contributed by atoms with Gasteiger partial charge in [-0.1, -0.05) is 41.5 Å². The molecule has 0 aromatic carbocycles. The van der Waals surface area contributed by atoms with E-state index < -0.39 is 33.6 Å². The first kappa shape index (κ1) is 39.3. The number of ketones is 2. The van der Waals surface area contributed by atoms with Crippen molar-refractivity contribution in [1.29, 1.82) is 0 Å². The van der Waals surface area contributed by atoms with Gasteiger partial charge in [0.15, 0.2) is 0 Å². The van der Waals surface area contributed by atoms with Crippen molar-refractivity contribution in [1.82, 2.24) is 0 Å². The van der Waals surface area contributed by atoms with Crippen molar-refractivity contribution in [2.75, 3.05) is 28.4 Å². The molecule has 0 aliphatic heterocycles. The minimum Gasteiger partial charge on any atom is -0.393 e. The second kappa shape index (κ2) is 11.8. The van der Waals surface area contributed by atoms with Crippen LogP contribution in [0.4, 0.5) is 0 Å². The normalized spacial score (nSPS) is 51.7. The first-order valence-corrected chi connectivity index (χ1v) is 20.2. The number of carbonyl (C=O) groups excluding carboxylic acids is 2. The first-order valence-electron chi connectivity index (χ1n) is 20.2. The van der Waals surface area contributed by atoms with Gasteiger partial charge in [0, 0.05) is 40.3 Å². The molecule has 4 bridgehead atoms. The molecule has 0 amide bonds. The predicted molar refractivity (Wildman–Crippen MR) is 193 cm³/mol. The molecule has 0 aromatic heterocycles. The van der Waals surface area contributed by atoms with Crippen molar-refractivity contribution in [3.05, 3.63) is 0 Å². The highest BCUT2D eigenvalue weighted by Gasteiger charge is 2.82. The Bertz CT molecular complexity index is 1360. The molecular formula is C42H68O10. The lowest BCUT2D eigenvalue weighted by atomic mass is 9.37.